The molecule has 31 heavy (non-hydrogen) atoms. The Hall–Kier alpha value is -3.64. The molecule has 0 bridgehead atoms. The molecule has 0 aliphatic rings. The second-order valence-electron chi connectivity index (χ2n) is 6.06. The van der Waals surface area contributed by atoms with Gasteiger partial charge in [-0.25, -0.2) is 0 Å². The van der Waals surface area contributed by atoms with Crippen molar-refractivity contribution in [2.75, 3.05) is 23.5 Å². The fourth-order valence-corrected chi connectivity index (χ4v) is 4.05. The van der Waals surface area contributed by atoms with Gasteiger partial charge < -0.3 is 26.8 Å². The molecule has 0 fully saturated rings. The monoisotopic (exact) mass is 458 g/mol. The summed E-state index contributed by atoms with van der Waals surface area (Å²) < 4.78 is 5.86. The van der Waals surface area contributed by atoms with Gasteiger partial charge in [-0.3, -0.25) is 14.4 Å². The van der Waals surface area contributed by atoms with Crippen LogP contribution in [0.2, 0.25) is 0 Å². The maximum Gasteiger partial charge on any atom is 0.248 e. The quantitative estimate of drug-likeness (QED) is 0.355. The fourth-order valence-electron chi connectivity index (χ4n) is 2.49. The Labute approximate surface area is 185 Å². The summed E-state index contributed by atoms with van der Waals surface area (Å²) in [7, 11) is 1.58. The predicted octanol–water partition coefficient (Wildman–Crippen LogP) is 2.22. The minimum Gasteiger partial charge on any atom is -0.495 e. The summed E-state index contributed by atoms with van der Waals surface area (Å²) in [5.41, 5.74) is 11.6. The summed E-state index contributed by atoms with van der Waals surface area (Å²) in [6, 6.07) is 11.4. The molecule has 3 amide bonds. The number of nitrogens with one attached hydrogen (secondary N) is 2. The van der Waals surface area contributed by atoms with Gasteiger partial charge in [-0.1, -0.05) is 35.2 Å². The Bertz CT molecular complexity index is 1100. The van der Waals surface area contributed by atoms with Gasteiger partial charge in [0, 0.05) is 16.8 Å². The Morgan fingerprint density at radius 2 is 1.74 bits per heavy atom. The van der Waals surface area contributed by atoms with E-state index in [0.717, 1.165) is 5.69 Å². The Morgan fingerprint density at radius 3 is 2.39 bits per heavy atom. The third-order valence-electron chi connectivity index (χ3n) is 3.87. The van der Waals surface area contributed by atoms with Gasteiger partial charge in [0.2, 0.25) is 22.9 Å². The number of benzene rings is 2. The molecule has 0 unspecified atom stereocenters. The van der Waals surface area contributed by atoms with Crippen molar-refractivity contribution in [3.05, 3.63) is 53.6 Å². The molecule has 2 aromatic carbocycles. The van der Waals surface area contributed by atoms with Gasteiger partial charge >= 0.3 is 0 Å². The highest BCUT2D eigenvalue weighted by Gasteiger charge is 2.13. The zero-order valence-electron chi connectivity index (χ0n) is 16.2. The van der Waals surface area contributed by atoms with Crippen LogP contribution < -0.4 is 26.8 Å². The zero-order chi connectivity index (χ0) is 22.4. The highest BCUT2D eigenvalue weighted by atomic mass is 32.2. The molecule has 1 heterocycles. The van der Waals surface area contributed by atoms with E-state index in [1.807, 2.05) is 24.3 Å². The van der Waals surface area contributed by atoms with E-state index in [2.05, 4.69) is 20.8 Å². The second kappa shape index (κ2) is 9.91. The van der Waals surface area contributed by atoms with Crippen LogP contribution in [-0.4, -0.2) is 40.8 Å². The SMILES string of the molecule is COc1ccccc1Nc1nnc(SCC(=O)Nc2cc(C(N)=O)cc(C(N)=O)c2)s1. The fraction of sp³-hybridized carbons (Fsp3) is 0.105. The first-order valence-corrected chi connectivity index (χ1v) is 10.6. The number of thioether (sulfide) groups is 1. The average Bonchev–Trinajstić information content (AvgIpc) is 3.19. The summed E-state index contributed by atoms with van der Waals surface area (Å²) in [4.78, 5) is 35.1. The maximum atomic E-state index is 12.3. The van der Waals surface area contributed by atoms with Crippen LogP contribution in [0, 0.1) is 0 Å². The first-order valence-electron chi connectivity index (χ1n) is 8.76. The summed E-state index contributed by atoms with van der Waals surface area (Å²) in [5, 5.41) is 14.4. The third-order valence-corrected chi connectivity index (χ3v) is 5.84. The number of para-hydroxylation sites is 2. The zero-order valence-corrected chi connectivity index (χ0v) is 17.9. The average molecular weight is 459 g/mol. The first kappa shape index (κ1) is 22.1. The number of amides is 3. The second-order valence-corrected chi connectivity index (χ2v) is 8.26. The lowest BCUT2D eigenvalue weighted by molar-refractivity contribution is -0.113. The van der Waals surface area contributed by atoms with Crippen LogP contribution >= 0.6 is 23.1 Å². The van der Waals surface area contributed by atoms with Gasteiger partial charge in [0.25, 0.3) is 0 Å². The van der Waals surface area contributed by atoms with E-state index in [1.54, 1.807) is 7.11 Å². The van der Waals surface area contributed by atoms with Crippen LogP contribution in [-0.2, 0) is 4.79 Å². The number of aromatic nitrogens is 2. The van der Waals surface area contributed by atoms with E-state index >= 15 is 0 Å². The number of nitrogens with zero attached hydrogens (tertiary/aromatic N) is 2. The molecular weight excluding hydrogens is 440 g/mol. The Kier molecular flexibility index (Phi) is 7.05. The van der Waals surface area contributed by atoms with Gasteiger partial charge in [-0.05, 0) is 30.3 Å². The van der Waals surface area contributed by atoms with E-state index in [0.29, 0.717) is 15.2 Å². The lowest BCUT2D eigenvalue weighted by Crippen LogP contribution is -2.18. The smallest absolute Gasteiger partial charge is 0.248 e. The van der Waals surface area contributed by atoms with Crippen molar-refractivity contribution in [1.82, 2.24) is 10.2 Å². The Morgan fingerprint density at radius 1 is 1.06 bits per heavy atom. The molecule has 10 nitrogen and oxygen atoms in total. The van der Waals surface area contributed by atoms with E-state index in [9.17, 15) is 14.4 Å². The molecule has 0 aliphatic heterocycles. The number of carbonyl (C=O) groups excluding carboxylic acids is 3. The Balaban J connectivity index is 1.60. The van der Waals surface area contributed by atoms with Crippen LogP contribution in [0.1, 0.15) is 20.7 Å². The normalized spacial score (nSPS) is 10.4. The molecule has 6 N–H and O–H groups in total. The maximum absolute atomic E-state index is 12.3. The molecule has 0 aliphatic carbocycles. The van der Waals surface area contributed by atoms with Gasteiger partial charge in [-0.15, -0.1) is 10.2 Å². The molecule has 12 heteroatoms. The lowest BCUT2D eigenvalue weighted by atomic mass is 10.1. The number of methoxy groups -OCH3 is 1. The number of carbonyl (C=O) groups is 3. The van der Waals surface area contributed by atoms with Crippen LogP contribution in [0.5, 0.6) is 5.75 Å². The van der Waals surface area contributed by atoms with Crippen LogP contribution in [0.15, 0.2) is 46.8 Å². The largest absolute Gasteiger partial charge is 0.495 e. The number of primary amides is 2. The molecule has 0 radical (unpaired) electrons. The van der Waals surface area contributed by atoms with Crippen molar-refractivity contribution >= 4 is 57.3 Å². The molecule has 0 atom stereocenters. The lowest BCUT2D eigenvalue weighted by Gasteiger charge is -2.08. The minimum atomic E-state index is -0.739. The van der Waals surface area contributed by atoms with Crippen LogP contribution in [0.3, 0.4) is 0 Å². The van der Waals surface area contributed by atoms with Crippen molar-refractivity contribution in [1.29, 1.82) is 0 Å². The standard InChI is InChI=1S/C19H18N6O4S2/c1-29-14-5-3-2-4-13(14)23-18-24-25-19(31-18)30-9-15(26)22-12-7-10(16(20)27)6-11(8-12)17(21)28/h2-8H,9H2,1H3,(H2,20,27)(H2,21,28)(H,22,26)(H,23,24). The topological polar surface area (TPSA) is 162 Å². The molecule has 3 rings (SSSR count). The van der Waals surface area contributed by atoms with Crippen molar-refractivity contribution in [3.63, 3.8) is 0 Å². The van der Waals surface area contributed by atoms with E-state index in [4.69, 9.17) is 16.2 Å². The number of hydrogen-bond donors (Lipinski definition) is 4. The van der Waals surface area contributed by atoms with Crippen molar-refractivity contribution in [2.24, 2.45) is 11.5 Å². The van der Waals surface area contributed by atoms with E-state index in [-0.39, 0.29) is 28.5 Å². The summed E-state index contributed by atoms with van der Waals surface area (Å²) in [5.74, 6) is -1.14. The van der Waals surface area contributed by atoms with Crippen LogP contribution in [0.4, 0.5) is 16.5 Å². The molecule has 160 valence electrons. The van der Waals surface area contributed by atoms with Gasteiger partial charge in [0.15, 0.2) is 4.34 Å². The number of anilines is 3. The molecule has 1 aromatic heterocycles. The number of ether oxygens (including phenoxy) is 1. The molecule has 0 saturated carbocycles. The number of hydrogen-bond acceptors (Lipinski definition) is 9. The number of rotatable bonds is 9. The molecule has 0 saturated heterocycles. The third kappa shape index (κ3) is 5.93. The van der Waals surface area contributed by atoms with E-state index < -0.39 is 11.8 Å². The molecule has 0 spiro atoms. The molecular formula is C19H18N6O4S2. The molecule has 3 aromatic rings. The van der Waals surface area contributed by atoms with Gasteiger partial charge in [0.05, 0.1) is 18.6 Å². The highest BCUT2D eigenvalue weighted by molar-refractivity contribution is 8.01. The number of nitrogens with two attached hydrogens (primary N) is 2. The van der Waals surface area contributed by atoms with Gasteiger partial charge in [-0.2, -0.15) is 0 Å². The van der Waals surface area contributed by atoms with E-state index in [1.165, 1.54) is 41.3 Å². The summed E-state index contributed by atoms with van der Waals surface area (Å²) >= 11 is 2.47. The van der Waals surface area contributed by atoms with Crippen LogP contribution in [0.25, 0.3) is 0 Å². The van der Waals surface area contributed by atoms with Crippen molar-refractivity contribution in [2.45, 2.75) is 4.34 Å². The predicted molar refractivity (Wildman–Crippen MR) is 119 cm³/mol. The van der Waals surface area contributed by atoms with Gasteiger partial charge in [0.1, 0.15) is 5.75 Å². The van der Waals surface area contributed by atoms with Crippen molar-refractivity contribution in [3.8, 4) is 5.75 Å². The highest BCUT2D eigenvalue weighted by Crippen LogP contribution is 2.31. The minimum absolute atomic E-state index is 0.0377. The van der Waals surface area contributed by atoms with Crippen molar-refractivity contribution < 1.29 is 19.1 Å². The first-order chi connectivity index (χ1) is 14.9. The summed E-state index contributed by atoms with van der Waals surface area (Å²) in [6.45, 7) is 0. The summed E-state index contributed by atoms with van der Waals surface area (Å²) in [6.07, 6.45) is 0.